The molecule has 0 heterocycles. The number of hydrogen-bond donors (Lipinski definition) is 1. The van der Waals surface area contributed by atoms with Crippen LogP contribution in [0.25, 0.3) is 0 Å². The zero-order valence-electron chi connectivity index (χ0n) is 8.07. The summed E-state index contributed by atoms with van der Waals surface area (Å²) in [7, 11) is -1.00. The van der Waals surface area contributed by atoms with E-state index in [4.69, 9.17) is 5.73 Å². The minimum atomic E-state index is -1.00. The third-order valence-electron chi connectivity index (χ3n) is 1.67. The zero-order chi connectivity index (χ0) is 10.6. The number of benzene rings is 1. The highest BCUT2D eigenvalue weighted by molar-refractivity contribution is 7.84. The lowest BCUT2D eigenvalue weighted by Crippen LogP contribution is -2.23. The first-order chi connectivity index (χ1) is 6.58. The highest BCUT2D eigenvalue weighted by Gasteiger charge is 2.05. The second-order valence-corrected chi connectivity index (χ2v) is 4.86. The van der Waals surface area contributed by atoms with Gasteiger partial charge in [0.1, 0.15) is 5.82 Å². The van der Waals surface area contributed by atoms with E-state index in [0.717, 1.165) is 5.56 Å². The van der Waals surface area contributed by atoms with Gasteiger partial charge in [-0.05, 0) is 24.6 Å². The molecular weight excluding hydrogens is 201 g/mol. The Morgan fingerprint density at radius 1 is 1.57 bits per heavy atom. The summed E-state index contributed by atoms with van der Waals surface area (Å²) >= 11 is 0. The van der Waals surface area contributed by atoms with Crippen LogP contribution in [0.15, 0.2) is 24.3 Å². The number of rotatable bonds is 4. The van der Waals surface area contributed by atoms with Crippen LogP contribution >= 0.6 is 0 Å². The molecule has 0 aliphatic rings. The average Bonchev–Trinajstić information content (AvgIpc) is 2.01. The molecule has 0 saturated heterocycles. The average molecular weight is 215 g/mol. The van der Waals surface area contributed by atoms with Crippen molar-refractivity contribution in [1.82, 2.24) is 0 Å². The van der Waals surface area contributed by atoms with E-state index in [0.29, 0.717) is 11.5 Å². The van der Waals surface area contributed by atoms with Gasteiger partial charge < -0.3 is 5.73 Å². The molecule has 0 amide bonds. The molecule has 0 spiro atoms. The lowest BCUT2D eigenvalue weighted by molar-refractivity contribution is 0.626. The van der Waals surface area contributed by atoms with Gasteiger partial charge in [-0.3, -0.25) is 4.21 Å². The van der Waals surface area contributed by atoms with E-state index in [-0.39, 0.29) is 11.9 Å². The number of halogens is 1. The van der Waals surface area contributed by atoms with Gasteiger partial charge in [0.05, 0.1) is 0 Å². The van der Waals surface area contributed by atoms with Gasteiger partial charge in [-0.1, -0.05) is 12.1 Å². The Bertz CT molecular complexity index is 328. The van der Waals surface area contributed by atoms with Crippen LogP contribution < -0.4 is 5.73 Å². The Morgan fingerprint density at radius 2 is 2.29 bits per heavy atom. The van der Waals surface area contributed by atoms with Crippen molar-refractivity contribution in [3.8, 4) is 0 Å². The molecule has 0 aromatic heterocycles. The van der Waals surface area contributed by atoms with E-state index >= 15 is 0 Å². The first-order valence-electron chi connectivity index (χ1n) is 4.43. The standard InChI is InChI=1S/C10H14FNOS/c1-8(12)6-14(13)7-9-3-2-4-10(11)5-9/h2-5,8H,6-7,12H2,1H3. The van der Waals surface area contributed by atoms with Gasteiger partial charge in [0.15, 0.2) is 0 Å². The summed E-state index contributed by atoms with van der Waals surface area (Å²) in [5.74, 6) is 0.538. The lowest BCUT2D eigenvalue weighted by atomic mass is 10.2. The Kier molecular flexibility index (Phi) is 4.22. The third-order valence-corrected chi connectivity index (χ3v) is 3.22. The topological polar surface area (TPSA) is 43.1 Å². The van der Waals surface area contributed by atoms with Gasteiger partial charge in [-0.2, -0.15) is 0 Å². The fourth-order valence-corrected chi connectivity index (χ4v) is 2.42. The molecule has 78 valence electrons. The van der Waals surface area contributed by atoms with Crippen LogP contribution in [0.3, 0.4) is 0 Å². The van der Waals surface area contributed by atoms with Crippen LogP contribution in [-0.4, -0.2) is 16.0 Å². The number of hydrogen-bond acceptors (Lipinski definition) is 2. The van der Waals surface area contributed by atoms with Crippen molar-refractivity contribution in [3.05, 3.63) is 35.6 Å². The molecule has 0 aliphatic carbocycles. The molecule has 2 N–H and O–H groups in total. The summed E-state index contributed by atoms with van der Waals surface area (Å²) in [6.45, 7) is 1.81. The fourth-order valence-electron chi connectivity index (χ4n) is 1.16. The van der Waals surface area contributed by atoms with Gasteiger partial charge in [0.2, 0.25) is 0 Å². The van der Waals surface area contributed by atoms with E-state index in [1.165, 1.54) is 12.1 Å². The van der Waals surface area contributed by atoms with Gasteiger partial charge in [-0.25, -0.2) is 4.39 Å². The molecule has 0 saturated carbocycles. The van der Waals surface area contributed by atoms with Crippen molar-refractivity contribution in [3.63, 3.8) is 0 Å². The first kappa shape index (κ1) is 11.3. The highest BCUT2D eigenvalue weighted by Crippen LogP contribution is 2.06. The Balaban J connectivity index is 2.56. The van der Waals surface area contributed by atoms with E-state index < -0.39 is 10.8 Å². The maximum atomic E-state index is 12.8. The van der Waals surface area contributed by atoms with Crippen molar-refractivity contribution in [2.45, 2.75) is 18.7 Å². The summed E-state index contributed by atoms with van der Waals surface area (Å²) in [6, 6.07) is 6.08. The molecule has 14 heavy (non-hydrogen) atoms. The smallest absolute Gasteiger partial charge is 0.123 e. The first-order valence-corrected chi connectivity index (χ1v) is 5.91. The maximum absolute atomic E-state index is 12.8. The van der Waals surface area contributed by atoms with Crippen LogP contribution in [0.5, 0.6) is 0 Å². The van der Waals surface area contributed by atoms with Gasteiger partial charge in [0, 0.05) is 28.3 Å². The van der Waals surface area contributed by atoms with Gasteiger partial charge in [0.25, 0.3) is 0 Å². The Morgan fingerprint density at radius 3 is 2.86 bits per heavy atom. The molecule has 1 aromatic rings. The quantitative estimate of drug-likeness (QED) is 0.825. The van der Waals surface area contributed by atoms with Crippen molar-refractivity contribution in [1.29, 1.82) is 0 Å². The molecule has 2 unspecified atom stereocenters. The third kappa shape index (κ3) is 3.98. The molecule has 0 aliphatic heterocycles. The molecule has 2 nitrogen and oxygen atoms in total. The largest absolute Gasteiger partial charge is 0.327 e. The lowest BCUT2D eigenvalue weighted by Gasteiger charge is -2.05. The summed E-state index contributed by atoms with van der Waals surface area (Å²) < 4.78 is 24.2. The van der Waals surface area contributed by atoms with Crippen molar-refractivity contribution in [2.75, 3.05) is 5.75 Å². The van der Waals surface area contributed by atoms with Crippen LogP contribution in [0.2, 0.25) is 0 Å². The molecule has 2 atom stereocenters. The van der Waals surface area contributed by atoms with Crippen molar-refractivity contribution in [2.24, 2.45) is 5.73 Å². The monoisotopic (exact) mass is 215 g/mol. The second-order valence-electron chi connectivity index (χ2n) is 3.36. The van der Waals surface area contributed by atoms with E-state index in [1.54, 1.807) is 12.1 Å². The van der Waals surface area contributed by atoms with Crippen molar-refractivity contribution >= 4 is 10.8 Å². The minimum Gasteiger partial charge on any atom is -0.327 e. The fraction of sp³-hybridized carbons (Fsp3) is 0.400. The van der Waals surface area contributed by atoms with Gasteiger partial charge >= 0.3 is 0 Å². The highest BCUT2D eigenvalue weighted by atomic mass is 32.2. The minimum absolute atomic E-state index is 0.0793. The summed E-state index contributed by atoms with van der Waals surface area (Å²) in [6.07, 6.45) is 0. The Hall–Kier alpha value is -0.740. The van der Waals surface area contributed by atoms with Gasteiger partial charge in [-0.15, -0.1) is 0 Å². The summed E-state index contributed by atoms with van der Waals surface area (Å²) in [5, 5.41) is 0. The van der Waals surface area contributed by atoms with Crippen LogP contribution in [-0.2, 0) is 16.6 Å². The molecule has 4 heteroatoms. The zero-order valence-corrected chi connectivity index (χ0v) is 8.89. The van der Waals surface area contributed by atoms with Crippen LogP contribution in [0.1, 0.15) is 12.5 Å². The molecule has 1 aromatic carbocycles. The normalized spacial score (nSPS) is 15.1. The molecule has 0 radical (unpaired) electrons. The predicted molar refractivity (Wildman–Crippen MR) is 56.8 cm³/mol. The number of nitrogens with two attached hydrogens (primary N) is 1. The maximum Gasteiger partial charge on any atom is 0.123 e. The molecule has 0 bridgehead atoms. The van der Waals surface area contributed by atoms with Crippen LogP contribution in [0.4, 0.5) is 4.39 Å². The second kappa shape index (κ2) is 5.22. The van der Waals surface area contributed by atoms with Crippen LogP contribution in [0, 0.1) is 5.82 Å². The summed E-state index contributed by atoms with van der Waals surface area (Å²) in [5.41, 5.74) is 6.26. The summed E-state index contributed by atoms with van der Waals surface area (Å²) in [4.78, 5) is 0. The molecule has 0 fully saturated rings. The predicted octanol–water partition coefficient (Wildman–Crippen LogP) is 1.42. The molecular formula is C10H14FNOS. The van der Waals surface area contributed by atoms with E-state index in [1.807, 2.05) is 6.92 Å². The Labute approximate surface area is 85.8 Å². The van der Waals surface area contributed by atoms with E-state index in [2.05, 4.69) is 0 Å². The van der Waals surface area contributed by atoms with Crippen molar-refractivity contribution < 1.29 is 8.60 Å². The molecule has 1 rings (SSSR count). The van der Waals surface area contributed by atoms with E-state index in [9.17, 15) is 8.60 Å². The SMILES string of the molecule is CC(N)CS(=O)Cc1cccc(F)c1.